The lowest BCUT2D eigenvalue weighted by atomic mass is 10.1. The quantitative estimate of drug-likeness (QED) is 0.685. The maximum atomic E-state index is 5.99. The van der Waals surface area contributed by atoms with Gasteiger partial charge in [0.05, 0.1) is 0 Å². The van der Waals surface area contributed by atoms with Gasteiger partial charge < -0.3 is 10.5 Å². The van der Waals surface area contributed by atoms with Crippen molar-refractivity contribution in [2.75, 3.05) is 11.5 Å². The van der Waals surface area contributed by atoms with E-state index in [1.807, 2.05) is 36.4 Å². The number of hydrogen-bond donors (Lipinski definition) is 1. The maximum absolute atomic E-state index is 5.99. The first kappa shape index (κ1) is 12.7. The summed E-state index contributed by atoms with van der Waals surface area (Å²) in [5.74, 6) is 1.87. The van der Waals surface area contributed by atoms with E-state index in [1.165, 1.54) is 10.5 Å². The van der Waals surface area contributed by atoms with Gasteiger partial charge in [0.15, 0.2) is 0 Å². The Morgan fingerprint density at radius 3 is 3.00 bits per heavy atom. The zero-order valence-corrected chi connectivity index (χ0v) is 11.9. The van der Waals surface area contributed by atoms with Crippen LogP contribution in [0.5, 0.6) is 5.75 Å². The minimum Gasteiger partial charge on any atom is -0.489 e. The van der Waals surface area contributed by atoms with Gasteiger partial charge in [-0.3, -0.25) is 0 Å². The van der Waals surface area contributed by atoms with E-state index in [1.54, 1.807) is 11.8 Å². The Morgan fingerprint density at radius 1 is 1.26 bits per heavy atom. The Balaban J connectivity index is 1.62. The van der Waals surface area contributed by atoms with Crippen LogP contribution in [-0.4, -0.2) is 11.9 Å². The molecule has 1 aliphatic heterocycles. The monoisotopic (exact) mass is 291 g/mol. The highest BCUT2D eigenvalue weighted by atomic mass is 35.5. The van der Waals surface area contributed by atoms with Crippen molar-refractivity contribution in [2.24, 2.45) is 0 Å². The Kier molecular flexibility index (Phi) is 3.58. The second-order valence-corrected chi connectivity index (χ2v) is 6.11. The fraction of sp³-hybridized carbons (Fsp3) is 0.200. The van der Waals surface area contributed by atoms with Gasteiger partial charge in [-0.1, -0.05) is 17.7 Å². The maximum Gasteiger partial charge on any atom is 0.123 e. The molecule has 2 nitrogen and oxygen atoms in total. The number of ether oxygens (including phenoxy) is 1. The first-order valence-corrected chi connectivity index (χ1v) is 7.50. The van der Waals surface area contributed by atoms with E-state index in [9.17, 15) is 0 Å². The summed E-state index contributed by atoms with van der Waals surface area (Å²) in [5.41, 5.74) is 7.77. The number of hydrogen-bond acceptors (Lipinski definition) is 3. The molecule has 2 aromatic carbocycles. The lowest BCUT2D eigenvalue weighted by Gasteiger charge is -2.10. The molecule has 0 radical (unpaired) electrons. The van der Waals surface area contributed by atoms with Crippen molar-refractivity contribution in [1.29, 1.82) is 0 Å². The summed E-state index contributed by atoms with van der Waals surface area (Å²) in [6.07, 6.45) is 1.13. The van der Waals surface area contributed by atoms with Crippen LogP contribution in [0.2, 0.25) is 5.02 Å². The molecule has 0 amide bonds. The largest absolute Gasteiger partial charge is 0.489 e. The van der Waals surface area contributed by atoms with E-state index in [0.29, 0.717) is 0 Å². The van der Waals surface area contributed by atoms with E-state index in [-0.39, 0.29) is 6.10 Å². The lowest BCUT2D eigenvalue weighted by molar-refractivity contribution is 0.259. The third-order valence-electron chi connectivity index (χ3n) is 3.06. The summed E-state index contributed by atoms with van der Waals surface area (Å²) in [6, 6.07) is 13.7. The molecule has 1 unspecified atom stereocenters. The van der Waals surface area contributed by atoms with E-state index in [0.717, 1.165) is 28.6 Å². The van der Waals surface area contributed by atoms with Gasteiger partial charge in [-0.15, -0.1) is 11.8 Å². The Labute approximate surface area is 121 Å². The molecule has 1 heterocycles. The molecule has 0 saturated carbocycles. The van der Waals surface area contributed by atoms with Crippen LogP contribution in [0.3, 0.4) is 0 Å². The highest BCUT2D eigenvalue weighted by Crippen LogP contribution is 2.33. The molecule has 3 rings (SSSR count). The predicted octanol–water partition coefficient (Wildman–Crippen LogP) is 4.02. The summed E-state index contributed by atoms with van der Waals surface area (Å²) in [6.45, 7) is 0. The summed E-state index contributed by atoms with van der Waals surface area (Å²) in [4.78, 5) is 1.18. The SMILES string of the molecule is Nc1cccc(SCC2Cc3cc(Cl)ccc3O2)c1. The van der Waals surface area contributed by atoms with Crippen LogP contribution in [-0.2, 0) is 6.42 Å². The molecule has 19 heavy (non-hydrogen) atoms. The van der Waals surface area contributed by atoms with E-state index in [2.05, 4.69) is 6.07 Å². The molecule has 2 N–H and O–H groups in total. The number of fused-ring (bicyclic) bond motifs is 1. The van der Waals surface area contributed by atoms with Gasteiger partial charge in [0.25, 0.3) is 0 Å². The van der Waals surface area contributed by atoms with Crippen molar-refractivity contribution in [3.63, 3.8) is 0 Å². The fourth-order valence-corrected chi connectivity index (χ4v) is 3.33. The third kappa shape index (κ3) is 2.99. The van der Waals surface area contributed by atoms with Crippen molar-refractivity contribution in [2.45, 2.75) is 17.4 Å². The fourth-order valence-electron chi connectivity index (χ4n) is 2.18. The van der Waals surface area contributed by atoms with Gasteiger partial charge in [-0.25, -0.2) is 0 Å². The van der Waals surface area contributed by atoms with Gasteiger partial charge in [0.1, 0.15) is 11.9 Å². The number of benzene rings is 2. The van der Waals surface area contributed by atoms with Crippen molar-refractivity contribution >= 4 is 29.1 Å². The molecule has 98 valence electrons. The highest BCUT2D eigenvalue weighted by molar-refractivity contribution is 7.99. The first-order valence-electron chi connectivity index (χ1n) is 6.14. The number of nitrogen functional groups attached to an aromatic ring is 1. The van der Waals surface area contributed by atoms with Crippen LogP contribution in [0.15, 0.2) is 47.4 Å². The zero-order chi connectivity index (χ0) is 13.2. The van der Waals surface area contributed by atoms with E-state index < -0.39 is 0 Å². The average molecular weight is 292 g/mol. The standard InChI is InChI=1S/C15H14ClNOS/c16-11-4-5-15-10(6-11)7-13(18-15)9-19-14-3-1-2-12(17)8-14/h1-6,8,13H,7,9,17H2. The van der Waals surface area contributed by atoms with Crippen molar-refractivity contribution in [3.8, 4) is 5.75 Å². The third-order valence-corrected chi connectivity index (χ3v) is 4.42. The van der Waals surface area contributed by atoms with Crippen LogP contribution in [0.1, 0.15) is 5.56 Å². The topological polar surface area (TPSA) is 35.2 Å². The molecule has 0 aromatic heterocycles. The molecule has 1 aliphatic rings. The summed E-state index contributed by atoms with van der Waals surface area (Å²) in [5, 5.41) is 0.770. The Hall–Kier alpha value is -1.32. The van der Waals surface area contributed by atoms with Crippen LogP contribution >= 0.6 is 23.4 Å². The Bertz CT molecular complexity index is 602. The van der Waals surface area contributed by atoms with Crippen LogP contribution < -0.4 is 10.5 Å². The van der Waals surface area contributed by atoms with Crippen LogP contribution in [0, 0.1) is 0 Å². The lowest BCUT2D eigenvalue weighted by Crippen LogP contribution is -2.15. The van der Waals surface area contributed by atoms with Gasteiger partial charge in [-0.2, -0.15) is 0 Å². The molecule has 2 aromatic rings. The molecular weight excluding hydrogens is 278 g/mol. The minimum absolute atomic E-state index is 0.208. The zero-order valence-electron chi connectivity index (χ0n) is 10.3. The Morgan fingerprint density at radius 2 is 2.16 bits per heavy atom. The van der Waals surface area contributed by atoms with Crippen LogP contribution in [0.4, 0.5) is 5.69 Å². The van der Waals surface area contributed by atoms with E-state index >= 15 is 0 Å². The van der Waals surface area contributed by atoms with Gasteiger partial charge in [0.2, 0.25) is 0 Å². The molecule has 0 spiro atoms. The van der Waals surface area contributed by atoms with Crippen molar-refractivity contribution in [1.82, 2.24) is 0 Å². The van der Waals surface area contributed by atoms with Gasteiger partial charge in [-0.05, 0) is 42.0 Å². The summed E-state index contributed by atoms with van der Waals surface area (Å²) < 4.78 is 5.90. The average Bonchev–Trinajstić information content (AvgIpc) is 2.78. The number of anilines is 1. The second kappa shape index (κ2) is 5.35. The number of rotatable bonds is 3. The van der Waals surface area contributed by atoms with Crippen molar-refractivity contribution in [3.05, 3.63) is 53.1 Å². The van der Waals surface area contributed by atoms with Crippen molar-refractivity contribution < 1.29 is 4.74 Å². The molecule has 0 bridgehead atoms. The highest BCUT2D eigenvalue weighted by Gasteiger charge is 2.22. The second-order valence-electron chi connectivity index (χ2n) is 4.58. The van der Waals surface area contributed by atoms with Gasteiger partial charge >= 0.3 is 0 Å². The summed E-state index contributed by atoms with van der Waals surface area (Å²) >= 11 is 7.76. The number of halogens is 1. The van der Waals surface area contributed by atoms with Gasteiger partial charge in [0, 0.05) is 27.8 Å². The first-order chi connectivity index (χ1) is 9.20. The van der Waals surface area contributed by atoms with Crippen LogP contribution in [0.25, 0.3) is 0 Å². The minimum atomic E-state index is 0.208. The van der Waals surface area contributed by atoms with E-state index in [4.69, 9.17) is 22.1 Å². The molecule has 0 aliphatic carbocycles. The number of thioether (sulfide) groups is 1. The smallest absolute Gasteiger partial charge is 0.123 e. The molecule has 0 saturated heterocycles. The number of nitrogens with two attached hydrogens (primary N) is 1. The molecule has 1 atom stereocenters. The predicted molar refractivity (Wildman–Crippen MR) is 81.2 cm³/mol. The summed E-state index contributed by atoms with van der Waals surface area (Å²) in [7, 11) is 0. The molecular formula is C15H14ClNOS. The normalized spacial score (nSPS) is 17.0. The molecule has 4 heteroatoms. The molecule has 0 fully saturated rings.